The van der Waals surface area contributed by atoms with Gasteiger partial charge in [-0.2, -0.15) is 11.8 Å². The molecule has 0 aliphatic carbocycles. The minimum atomic E-state index is -0.0573. The van der Waals surface area contributed by atoms with Crippen molar-refractivity contribution in [1.29, 1.82) is 0 Å². The van der Waals surface area contributed by atoms with E-state index in [2.05, 4.69) is 5.32 Å². The second-order valence-electron chi connectivity index (χ2n) is 3.63. The van der Waals surface area contributed by atoms with E-state index in [1.807, 2.05) is 32.2 Å². The summed E-state index contributed by atoms with van der Waals surface area (Å²) in [7, 11) is 0. The molecule has 2 atom stereocenters. The Balaban J connectivity index is 2.57. The average Bonchev–Trinajstić information content (AvgIpc) is 2.66. The zero-order valence-electron chi connectivity index (χ0n) is 9.69. The number of hydrogen-bond acceptors (Lipinski definition) is 4. The fourth-order valence-corrected chi connectivity index (χ4v) is 2.76. The molecule has 1 heterocycles. The molecule has 0 saturated heterocycles. The maximum Gasteiger partial charge on any atom is 0.261 e. The average molecular weight is 259 g/mol. The van der Waals surface area contributed by atoms with Crippen molar-refractivity contribution in [1.82, 2.24) is 5.32 Å². The first-order valence-corrected chi connectivity index (χ1v) is 7.20. The number of carbonyl (C=O) groups is 1. The van der Waals surface area contributed by atoms with Crippen LogP contribution in [-0.2, 0) is 0 Å². The third-order valence-corrected chi connectivity index (χ3v) is 4.53. The first-order valence-electron chi connectivity index (χ1n) is 5.09. The Morgan fingerprint density at radius 2 is 2.31 bits per heavy atom. The Morgan fingerprint density at radius 3 is 2.75 bits per heavy atom. The Bertz CT molecular complexity index is 348. The highest BCUT2D eigenvalue weighted by Crippen LogP contribution is 2.16. The van der Waals surface area contributed by atoms with E-state index >= 15 is 0 Å². The summed E-state index contributed by atoms with van der Waals surface area (Å²) in [6, 6.07) is 3.73. The standard InChI is InChI=1S/C11H17NO2S2/c1-7-4-5-9(16-7)11(14)12-8(2)10(6-13)15-3/h4-5,8,10,13H,6H2,1-3H3,(H,12,14). The van der Waals surface area contributed by atoms with Crippen LogP contribution >= 0.6 is 23.1 Å². The van der Waals surface area contributed by atoms with E-state index in [-0.39, 0.29) is 23.8 Å². The Kier molecular flexibility index (Phi) is 5.31. The zero-order valence-corrected chi connectivity index (χ0v) is 11.3. The smallest absolute Gasteiger partial charge is 0.261 e. The third-order valence-electron chi connectivity index (χ3n) is 2.36. The fourth-order valence-electron chi connectivity index (χ4n) is 1.36. The number of aliphatic hydroxyl groups is 1. The SMILES string of the molecule is CSC(CO)C(C)NC(=O)c1ccc(C)s1. The lowest BCUT2D eigenvalue weighted by Crippen LogP contribution is -2.40. The molecule has 0 aliphatic rings. The van der Waals surface area contributed by atoms with E-state index in [1.165, 1.54) is 11.3 Å². The highest BCUT2D eigenvalue weighted by Gasteiger charge is 2.18. The molecule has 0 fully saturated rings. The second-order valence-corrected chi connectivity index (χ2v) is 5.99. The third kappa shape index (κ3) is 3.50. The minimum Gasteiger partial charge on any atom is -0.395 e. The van der Waals surface area contributed by atoms with Gasteiger partial charge in [0.2, 0.25) is 0 Å². The van der Waals surface area contributed by atoms with Crippen LogP contribution in [0.2, 0.25) is 0 Å². The van der Waals surface area contributed by atoms with Gasteiger partial charge in [0.1, 0.15) is 0 Å². The quantitative estimate of drug-likeness (QED) is 0.849. The lowest BCUT2D eigenvalue weighted by molar-refractivity contribution is 0.0940. The van der Waals surface area contributed by atoms with Gasteiger partial charge < -0.3 is 10.4 Å². The van der Waals surface area contributed by atoms with E-state index in [1.54, 1.807) is 11.8 Å². The monoisotopic (exact) mass is 259 g/mol. The Morgan fingerprint density at radius 1 is 1.62 bits per heavy atom. The minimum absolute atomic E-state index is 0.0325. The molecule has 0 spiro atoms. The van der Waals surface area contributed by atoms with Gasteiger partial charge >= 0.3 is 0 Å². The number of thioether (sulfide) groups is 1. The summed E-state index contributed by atoms with van der Waals surface area (Å²) in [6.45, 7) is 3.96. The van der Waals surface area contributed by atoms with E-state index < -0.39 is 0 Å². The largest absolute Gasteiger partial charge is 0.395 e. The number of thiophene rings is 1. The lowest BCUT2D eigenvalue weighted by Gasteiger charge is -2.20. The van der Waals surface area contributed by atoms with E-state index in [0.717, 1.165) is 9.75 Å². The molecular formula is C11H17NO2S2. The number of rotatable bonds is 5. The van der Waals surface area contributed by atoms with Gasteiger partial charge in [-0.25, -0.2) is 0 Å². The predicted octanol–water partition coefficient (Wildman–Crippen LogP) is 1.90. The molecular weight excluding hydrogens is 242 g/mol. The lowest BCUT2D eigenvalue weighted by atomic mass is 10.2. The van der Waals surface area contributed by atoms with Crippen molar-refractivity contribution in [3.63, 3.8) is 0 Å². The fraction of sp³-hybridized carbons (Fsp3) is 0.545. The Hall–Kier alpha value is -0.520. The van der Waals surface area contributed by atoms with Crippen molar-refractivity contribution in [3.05, 3.63) is 21.9 Å². The zero-order chi connectivity index (χ0) is 12.1. The van der Waals surface area contributed by atoms with Crippen LogP contribution in [0.3, 0.4) is 0 Å². The van der Waals surface area contributed by atoms with Crippen LogP contribution in [-0.4, -0.2) is 35.2 Å². The van der Waals surface area contributed by atoms with Crippen LogP contribution in [0.25, 0.3) is 0 Å². The molecule has 1 aromatic rings. The summed E-state index contributed by atoms with van der Waals surface area (Å²) in [5.41, 5.74) is 0. The molecule has 1 aromatic heterocycles. The molecule has 0 bridgehead atoms. The number of amides is 1. The summed E-state index contributed by atoms with van der Waals surface area (Å²) >= 11 is 3.04. The van der Waals surface area contributed by atoms with Crippen LogP contribution in [0.4, 0.5) is 0 Å². The summed E-state index contributed by atoms with van der Waals surface area (Å²) in [6.07, 6.45) is 1.93. The molecule has 2 unspecified atom stereocenters. The van der Waals surface area contributed by atoms with Crippen LogP contribution in [0, 0.1) is 6.92 Å². The van der Waals surface area contributed by atoms with Gasteiger partial charge in [-0.3, -0.25) is 4.79 Å². The molecule has 90 valence electrons. The molecule has 1 rings (SSSR count). The van der Waals surface area contributed by atoms with Crippen molar-refractivity contribution < 1.29 is 9.90 Å². The van der Waals surface area contributed by atoms with Crippen LogP contribution in [0.5, 0.6) is 0 Å². The van der Waals surface area contributed by atoms with Gasteiger partial charge in [-0.15, -0.1) is 11.3 Å². The van der Waals surface area contributed by atoms with Crippen molar-refractivity contribution in [2.45, 2.75) is 25.1 Å². The van der Waals surface area contributed by atoms with E-state index in [9.17, 15) is 4.79 Å². The van der Waals surface area contributed by atoms with Gasteiger partial charge in [0.05, 0.1) is 11.5 Å². The van der Waals surface area contributed by atoms with Gasteiger partial charge in [0.15, 0.2) is 0 Å². The van der Waals surface area contributed by atoms with Crippen LogP contribution in [0.1, 0.15) is 21.5 Å². The topological polar surface area (TPSA) is 49.3 Å². The van der Waals surface area contributed by atoms with Gasteiger partial charge in [0, 0.05) is 16.2 Å². The number of hydrogen-bond donors (Lipinski definition) is 2. The molecule has 16 heavy (non-hydrogen) atoms. The van der Waals surface area contributed by atoms with Crippen molar-refractivity contribution >= 4 is 29.0 Å². The van der Waals surface area contributed by atoms with Crippen molar-refractivity contribution in [3.8, 4) is 0 Å². The molecule has 5 heteroatoms. The van der Waals surface area contributed by atoms with Crippen molar-refractivity contribution in [2.75, 3.05) is 12.9 Å². The van der Waals surface area contributed by atoms with Crippen LogP contribution < -0.4 is 5.32 Å². The maximum atomic E-state index is 11.8. The molecule has 0 radical (unpaired) electrons. The van der Waals surface area contributed by atoms with E-state index in [0.29, 0.717) is 0 Å². The number of aryl methyl sites for hydroxylation is 1. The number of carbonyl (C=O) groups excluding carboxylic acids is 1. The molecule has 3 nitrogen and oxygen atoms in total. The highest BCUT2D eigenvalue weighted by molar-refractivity contribution is 7.99. The predicted molar refractivity (Wildman–Crippen MR) is 70.4 cm³/mol. The first-order chi connectivity index (χ1) is 7.58. The normalized spacial score (nSPS) is 14.5. The Labute approximate surface area is 104 Å². The number of nitrogens with one attached hydrogen (secondary N) is 1. The van der Waals surface area contributed by atoms with Crippen LogP contribution in [0.15, 0.2) is 12.1 Å². The molecule has 1 amide bonds. The molecule has 0 aliphatic heterocycles. The first kappa shape index (κ1) is 13.5. The van der Waals surface area contributed by atoms with Gasteiger partial charge in [-0.05, 0) is 32.2 Å². The molecule has 0 aromatic carbocycles. The number of aliphatic hydroxyl groups excluding tert-OH is 1. The second kappa shape index (κ2) is 6.27. The maximum absolute atomic E-state index is 11.8. The summed E-state index contributed by atoms with van der Waals surface area (Å²) in [4.78, 5) is 13.7. The van der Waals surface area contributed by atoms with E-state index in [4.69, 9.17) is 5.11 Å². The summed E-state index contributed by atoms with van der Waals surface area (Å²) in [5.74, 6) is -0.0573. The van der Waals surface area contributed by atoms with Gasteiger partial charge in [-0.1, -0.05) is 0 Å². The van der Waals surface area contributed by atoms with Gasteiger partial charge in [0.25, 0.3) is 5.91 Å². The highest BCUT2D eigenvalue weighted by atomic mass is 32.2. The molecule has 2 N–H and O–H groups in total. The molecule has 0 saturated carbocycles. The summed E-state index contributed by atoms with van der Waals surface area (Å²) in [5, 5.41) is 12.1. The summed E-state index contributed by atoms with van der Waals surface area (Å²) < 4.78 is 0. The van der Waals surface area contributed by atoms with Crippen molar-refractivity contribution in [2.24, 2.45) is 0 Å².